The maximum atomic E-state index is 12.9. The molecule has 0 spiro atoms. The number of carbonyl (C=O) groups excluding carboxylic acids is 1. The van der Waals surface area contributed by atoms with E-state index in [0.717, 1.165) is 42.9 Å². The highest BCUT2D eigenvalue weighted by atomic mass is 35.5. The maximum Gasteiger partial charge on any atom is 0.242 e. The number of hydrogen-bond acceptors (Lipinski definition) is 4. The molecule has 2 aromatic rings. The summed E-state index contributed by atoms with van der Waals surface area (Å²) in [5.41, 5.74) is 1.74. The van der Waals surface area contributed by atoms with Crippen LogP contribution in [0.5, 0.6) is 11.5 Å². The molecule has 1 N–H and O–H groups in total. The molecule has 1 atom stereocenters. The highest BCUT2D eigenvalue weighted by Gasteiger charge is 2.30. The van der Waals surface area contributed by atoms with Crippen molar-refractivity contribution in [1.82, 2.24) is 4.90 Å². The molecule has 0 radical (unpaired) electrons. The number of hydrogen-bond donors (Lipinski definition) is 1. The summed E-state index contributed by atoms with van der Waals surface area (Å²) >= 11 is 12.2. The molecule has 148 valence electrons. The molecule has 0 aromatic heterocycles. The number of fused-ring (bicyclic) bond motifs is 1. The van der Waals surface area contributed by atoms with Crippen LogP contribution in [0, 0.1) is 0 Å². The number of nitrogens with zero attached hydrogens (tertiary/aromatic N) is 1. The average molecular weight is 421 g/mol. The van der Waals surface area contributed by atoms with Crippen LogP contribution in [0.1, 0.15) is 30.9 Å². The van der Waals surface area contributed by atoms with Gasteiger partial charge in [0.2, 0.25) is 5.91 Å². The van der Waals surface area contributed by atoms with Gasteiger partial charge in [0.25, 0.3) is 0 Å². The van der Waals surface area contributed by atoms with E-state index < -0.39 is 0 Å². The smallest absolute Gasteiger partial charge is 0.242 e. The molecule has 2 aliphatic rings. The summed E-state index contributed by atoms with van der Waals surface area (Å²) in [5.74, 6) is 1.57. The molecule has 5 nitrogen and oxygen atoms in total. The largest absolute Gasteiger partial charge is 0.490 e. The SMILES string of the molecule is O=C(CNc1cccc(Cl)c1Cl)N1CCCC1c1ccc2c(c1)OCCCO2. The molecular weight excluding hydrogens is 399 g/mol. The monoisotopic (exact) mass is 420 g/mol. The van der Waals surface area contributed by atoms with Gasteiger partial charge in [-0.05, 0) is 42.7 Å². The Balaban J connectivity index is 1.46. The molecule has 28 heavy (non-hydrogen) atoms. The fourth-order valence-electron chi connectivity index (χ4n) is 3.71. The normalized spacial score (nSPS) is 18.6. The Morgan fingerprint density at radius 2 is 1.93 bits per heavy atom. The first-order valence-electron chi connectivity index (χ1n) is 9.50. The molecule has 0 saturated carbocycles. The zero-order chi connectivity index (χ0) is 19.5. The predicted octanol–water partition coefficient (Wildman–Crippen LogP) is 4.93. The van der Waals surface area contributed by atoms with Gasteiger partial charge in [-0.15, -0.1) is 0 Å². The number of anilines is 1. The summed E-state index contributed by atoms with van der Waals surface area (Å²) in [6.45, 7) is 2.22. The van der Waals surface area contributed by atoms with Crippen LogP contribution < -0.4 is 14.8 Å². The number of ether oxygens (including phenoxy) is 2. The zero-order valence-corrected chi connectivity index (χ0v) is 16.9. The minimum atomic E-state index is 0.0330. The Morgan fingerprint density at radius 1 is 1.11 bits per heavy atom. The Labute approximate surface area is 174 Å². The highest BCUT2D eigenvalue weighted by Crippen LogP contribution is 2.38. The van der Waals surface area contributed by atoms with Gasteiger partial charge >= 0.3 is 0 Å². The molecule has 1 amide bonds. The van der Waals surface area contributed by atoms with Crippen LogP contribution in [0.25, 0.3) is 0 Å². The first-order chi connectivity index (χ1) is 13.6. The third kappa shape index (κ3) is 4.01. The minimum Gasteiger partial charge on any atom is -0.490 e. The standard InChI is InChI=1S/C21H22Cl2N2O3/c22-15-4-1-5-16(21(15)23)24-13-20(26)25-9-2-6-17(25)14-7-8-18-19(12-14)28-11-3-10-27-18/h1,4-5,7-8,12,17,24H,2-3,6,9-11,13H2. The number of halogens is 2. The van der Waals surface area contributed by atoms with E-state index in [1.807, 2.05) is 29.2 Å². The van der Waals surface area contributed by atoms with Gasteiger partial charge in [0.1, 0.15) is 0 Å². The fourth-order valence-corrected chi connectivity index (χ4v) is 4.08. The van der Waals surface area contributed by atoms with Crippen molar-refractivity contribution in [2.24, 2.45) is 0 Å². The Bertz CT molecular complexity index is 875. The van der Waals surface area contributed by atoms with Crippen LogP contribution in [0.15, 0.2) is 36.4 Å². The van der Waals surface area contributed by atoms with Crippen molar-refractivity contribution in [1.29, 1.82) is 0 Å². The van der Waals surface area contributed by atoms with Gasteiger partial charge in [-0.3, -0.25) is 4.79 Å². The van der Waals surface area contributed by atoms with Crippen molar-refractivity contribution in [2.75, 3.05) is 31.6 Å². The van der Waals surface area contributed by atoms with Crippen molar-refractivity contribution in [3.63, 3.8) is 0 Å². The molecule has 0 bridgehead atoms. The van der Waals surface area contributed by atoms with Crippen LogP contribution >= 0.6 is 23.2 Å². The van der Waals surface area contributed by atoms with E-state index >= 15 is 0 Å². The van der Waals surface area contributed by atoms with Crippen LogP contribution in [-0.2, 0) is 4.79 Å². The quantitative estimate of drug-likeness (QED) is 0.761. The van der Waals surface area contributed by atoms with E-state index in [1.165, 1.54) is 0 Å². The van der Waals surface area contributed by atoms with Crippen molar-refractivity contribution in [2.45, 2.75) is 25.3 Å². The first-order valence-corrected chi connectivity index (χ1v) is 10.3. The van der Waals surface area contributed by atoms with E-state index in [1.54, 1.807) is 12.1 Å². The molecular formula is C21H22Cl2N2O3. The summed E-state index contributed by atoms with van der Waals surface area (Å²) < 4.78 is 11.5. The van der Waals surface area contributed by atoms with E-state index in [9.17, 15) is 4.79 Å². The van der Waals surface area contributed by atoms with Crippen LogP contribution in [0.3, 0.4) is 0 Å². The number of nitrogens with one attached hydrogen (secondary N) is 1. The lowest BCUT2D eigenvalue weighted by molar-refractivity contribution is -0.130. The van der Waals surface area contributed by atoms with Gasteiger partial charge in [-0.1, -0.05) is 35.3 Å². The Morgan fingerprint density at radius 3 is 2.79 bits per heavy atom. The molecule has 2 heterocycles. The van der Waals surface area contributed by atoms with Crippen molar-refractivity contribution in [3.05, 3.63) is 52.0 Å². The number of benzene rings is 2. The summed E-state index contributed by atoms with van der Waals surface area (Å²) in [6.07, 6.45) is 2.78. The maximum absolute atomic E-state index is 12.9. The zero-order valence-electron chi connectivity index (χ0n) is 15.4. The van der Waals surface area contributed by atoms with Crippen molar-refractivity contribution in [3.8, 4) is 11.5 Å². The first kappa shape index (κ1) is 19.2. The number of amides is 1. The summed E-state index contributed by atoms with van der Waals surface area (Å²) in [6, 6.07) is 11.4. The molecule has 1 fully saturated rings. The number of carbonyl (C=O) groups is 1. The predicted molar refractivity (Wildman–Crippen MR) is 111 cm³/mol. The van der Waals surface area contributed by atoms with Crippen LogP contribution in [0.2, 0.25) is 10.0 Å². The molecule has 1 saturated heterocycles. The molecule has 7 heteroatoms. The van der Waals surface area contributed by atoms with Crippen LogP contribution in [-0.4, -0.2) is 37.1 Å². The lowest BCUT2D eigenvalue weighted by Gasteiger charge is -2.26. The Hall–Kier alpha value is -2.11. The molecule has 4 rings (SSSR count). The topological polar surface area (TPSA) is 50.8 Å². The summed E-state index contributed by atoms with van der Waals surface area (Å²) in [7, 11) is 0. The highest BCUT2D eigenvalue weighted by molar-refractivity contribution is 6.43. The number of rotatable bonds is 4. The Kier molecular flexibility index (Phi) is 5.83. The second kappa shape index (κ2) is 8.50. The third-order valence-electron chi connectivity index (χ3n) is 5.11. The van der Waals surface area contributed by atoms with Gasteiger partial charge in [0.05, 0.1) is 41.5 Å². The van der Waals surface area contributed by atoms with E-state index in [0.29, 0.717) is 28.9 Å². The van der Waals surface area contributed by atoms with E-state index in [-0.39, 0.29) is 18.5 Å². The van der Waals surface area contributed by atoms with Crippen molar-refractivity contribution >= 4 is 34.8 Å². The molecule has 0 aliphatic carbocycles. The van der Waals surface area contributed by atoms with Gasteiger partial charge in [0.15, 0.2) is 11.5 Å². The van der Waals surface area contributed by atoms with E-state index in [4.69, 9.17) is 32.7 Å². The fraction of sp³-hybridized carbons (Fsp3) is 0.381. The van der Waals surface area contributed by atoms with Crippen molar-refractivity contribution < 1.29 is 14.3 Å². The molecule has 2 aliphatic heterocycles. The second-order valence-corrected chi connectivity index (χ2v) is 7.74. The van der Waals surface area contributed by atoms with Gasteiger partial charge in [-0.2, -0.15) is 0 Å². The minimum absolute atomic E-state index is 0.0330. The van der Waals surface area contributed by atoms with Gasteiger partial charge in [-0.25, -0.2) is 0 Å². The number of likely N-dealkylation sites (tertiary alicyclic amines) is 1. The van der Waals surface area contributed by atoms with Gasteiger partial charge in [0, 0.05) is 13.0 Å². The lowest BCUT2D eigenvalue weighted by Crippen LogP contribution is -2.35. The third-order valence-corrected chi connectivity index (χ3v) is 5.93. The summed E-state index contributed by atoms with van der Waals surface area (Å²) in [5, 5.41) is 4.00. The summed E-state index contributed by atoms with van der Waals surface area (Å²) in [4.78, 5) is 14.8. The van der Waals surface area contributed by atoms with E-state index in [2.05, 4.69) is 5.32 Å². The molecule has 2 aromatic carbocycles. The lowest BCUT2D eigenvalue weighted by atomic mass is 10.0. The average Bonchev–Trinajstić information content (AvgIpc) is 3.07. The second-order valence-electron chi connectivity index (χ2n) is 6.96. The molecule has 1 unspecified atom stereocenters. The van der Waals surface area contributed by atoms with Gasteiger partial charge < -0.3 is 19.7 Å². The van der Waals surface area contributed by atoms with Crippen LogP contribution in [0.4, 0.5) is 5.69 Å².